The van der Waals surface area contributed by atoms with E-state index < -0.39 is 0 Å². The Labute approximate surface area is 147 Å². The van der Waals surface area contributed by atoms with Crippen LogP contribution in [0, 0.1) is 5.92 Å². The quantitative estimate of drug-likeness (QED) is 0.775. The van der Waals surface area contributed by atoms with Crippen LogP contribution in [0.5, 0.6) is 0 Å². The van der Waals surface area contributed by atoms with Crippen molar-refractivity contribution < 1.29 is 4.79 Å². The summed E-state index contributed by atoms with van der Waals surface area (Å²) < 4.78 is 0. The first-order valence-corrected chi connectivity index (χ1v) is 9.96. The van der Waals surface area contributed by atoms with Crippen molar-refractivity contribution in [2.75, 3.05) is 52.4 Å². The van der Waals surface area contributed by atoms with Crippen LogP contribution >= 0.6 is 0 Å². The highest BCUT2D eigenvalue weighted by Crippen LogP contribution is 2.24. The lowest BCUT2D eigenvalue weighted by Gasteiger charge is -2.50. The Balaban J connectivity index is 1.37. The zero-order valence-electron chi connectivity index (χ0n) is 16.1. The molecule has 3 saturated heterocycles. The van der Waals surface area contributed by atoms with E-state index in [1.807, 2.05) is 18.7 Å². The first kappa shape index (κ1) is 18.2. The van der Waals surface area contributed by atoms with Gasteiger partial charge in [-0.3, -0.25) is 19.5 Å². The van der Waals surface area contributed by atoms with Crippen molar-refractivity contribution in [2.45, 2.75) is 58.7 Å². The molecule has 1 amide bonds. The second-order valence-corrected chi connectivity index (χ2v) is 8.48. The number of amides is 1. The molecule has 3 rings (SSSR count). The van der Waals surface area contributed by atoms with Gasteiger partial charge in [0.1, 0.15) is 0 Å². The largest absolute Gasteiger partial charge is 0.339 e. The van der Waals surface area contributed by atoms with Crippen molar-refractivity contribution in [3.63, 3.8) is 0 Å². The van der Waals surface area contributed by atoms with E-state index in [-0.39, 0.29) is 5.92 Å². The fourth-order valence-corrected chi connectivity index (χ4v) is 4.47. The Kier molecular flexibility index (Phi) is 5.83. The average molecular weight is 337 g/mol. The number of likely N-dealkylation sites (tertiary alicyclic amines) is 2. The monoisotopic (exact) mass is 336 g/mol. The van der Waals surface area contributed by atoms with Crippen LogP contribution in [-0.2, 0) is 4.79 Å². The van der Waals surface area contributed by atoms with Crippen LogP contribution in [0.15, 0.2) is 0 Å². The second-order valence-electron chi connectivity index (χ2n) is 8.48. The van der Waals surface area contributed by atoms with E-state index in [0.29, 0.717) is 18.0 Å². The van der Waals surface area contributed by atoms with Gasteiger partial charge in [-0.2, -0.15) is 0 Å². The zero-order chi connectivity index (χ0) is 17.3. The summed E-state index contributed by atoms with van der Waals surface area (Å²) in [5.41, 5.74) is 0. The third-order valence-electron chi connectivity index (χ3n) is 6.28. The fraction of sp³-hybridized carbons (Fsp3) is 0.947. The molecule has 0 atom stereocenters. The molecule has 0 saturated carbocycles. The molecule has 24 heavy (non-hydrogen) atoms. The van der Waals surface area contributed by atoms with Gasteiger partial charge in [0, 0.05) is 76.4 Å². The SMILES string of the molecule is CC(C)C(=O)N1CC(N2CCC(N3CCN(C(C)C)CC3)CC2)C1. The summed E-state index contributed by atoms with van der Waals surface area (Å²) in [6, 6.07) is 2.08. The Morgan fingerprint density at radius 1 is 0.792 bits per heavy atom. The Morgan fingerprint density at radius 2 is 1.33 bits per heavy atom. The number of hydrogen-bond acceptors (Lipinski definition) is 4. The highest BCUT2D eigenvalue weighted by Gasteiger charge is 2.37. The van der Waals surface area contributed by atoms with Crippen LogP contribution in [0.2, 0.25) is 0 Å². The minimum absolute atomic E-state index is 0.140. The predicted molar refractivity (Wildman–Crippen MR) is 98.1 cm³/mol. The molecule has 0 aliphatic carbocycles. The number of piperidine rings is 1. The highest BCUT2D eigenvalue weighted by atomic mass is 16.2. The second kappa shape index (κ2) is 7.71. The lowest BCUT2D eigenvalue weighted by molar-refractivity contribution is -0.142. The fourth-order valence-electron chi connectivity index (χ4n) is 4.47. The van der Waals surface area contributed by atoms with Gasteiger partial charge in [-0.1, -0.05) is 13.8 Å². The number of nitrogens with zero attached hydrogens (tertiary/aromatic N) is 4. The molecule has 3 fully saturated rings. The van der Waals surface area contributed by atoms with E-state index in [4.69, 9.17) is 0 Å². The molecule has 5 nitrogen and oxygen atoms in total. The Morgan fingerprint density at radius 3 is 1.83 bits per heavy atom. The van der Waals surface area contributed by atoms with Gasteiger partial charge in [-0.15, -0.1) is 0 Å². The number of piperazine rings is 1. The molecule has 0 bridgehead atoms. The van der Waals surface area contributed by atoms with Gasteiger partial charge in [0.25, 0.3) is 0 Å². The van der Waals surface area contributed by atoms with Crippen molar-refractivity contribution in [1.29, 1.82) is 0 Å². The van der Waals surface area contributed by atoms with Gasteiger partial charge < -0.3 is 4.90 Å². The van der Waals surface area contributed by atoms with Crippen molar-refractivity contribution >= 4 is 5.91 Å². The van der Waals surface area contributed by atoms with Crippen LogP contribution in [-0.4, -0.2) is 96.0 Å². The van der Waals surface area contributed by atoms with Gasteiger partial charge in [0.15, 0.2) is 0 Å². The van der Waals surface area contributed by atoms with E-state index in [2.05, 4.69) is 28.5 Å². The summed E-state index contributed by atoms with van der Waals surface area (Å²) >= 11 is 0. The minimum atomic E-state index is 0.140. The molecule has 3 heterocycles. The molecule has 0 spiro atoms. The summed E-state index contributed by atoms with van der Waals surface area (Å²) in [4.78, 5) is 22.0. The lowest BCUT2D eigenvalue weighted by Crippen LogP contribution is -2.64. The van der Waals surface area contributed by atoms with Crippen molar-refractivity contribution in [3.05, 3.63) is 0 Å². The third-order valence-corrected chi connectivity index (χ3v) is 6.28. The smallest absolute Gasteiger partial charge is 0.225 e. The van der Waals surface area contributed by atoms with Gasteiger partial charge >= 0.3 is 0 Å². The predicted octanol–water partition coefficient (Wildman–Crippen LogP) is 1.34. The first-order chi connectivity index (χ1) is 11.5. The maximum atomic E-state index is 12.0. The molecule has 138 valence electrons. The topological polar surface area (TPSA) is 30.0 Å². The molecule has 3 aliphatic rings. The van der Waals surface area contributed by atoms with Crippen LogP contribution in [0.25, 0.3) is 0 Å². The summed E-state index contributed by atoms with van der Waals surface area (Å²) in [6.45, 7) is 17.9. The maximum Gasteiger partial charge on any atom is 0.225 e. The number of rotatable bonds is 4. The van der Waals surface area contributed by atoms with E-state index in [9.17, 15) is 4.79 Å². The summed E-state index contributed by atoms with van der Waals surface area (Å²) in [6.07, 6.45) is 2.60. The molecule has 0 unspecified atom stereocenters. The van der Waals surface area contributed by atoms with Gasteiger partial charge in [0.05, 0.1) is 0 Å². The molecule has 3 aliphatic heterocycles. The normalized spacial score (nSPS) is 26.3. The average Bonchev–Trinajstić information content (AvgIpc) is 2.54. The van der Waals surface area contributed by atoms with E-state index in [0.717, 1.165) is 19.1 Å². The molecule has 5 heteroatoms. The molecule has 0 aromatic rings. The number of hydrogen-bond donors (Lipinski definition) is 0. The van der Waals surface area contributed by atoms with Gasteiger partial charge in [-0.25, -0.2) is 0 Å². The molecule has 0 N–H and O–H groups in total. The minimum Gasteiger partial charge on any atom is -0.339 e. The molecule has 0 radical (unpaired) electrons. The molecular weight excluding hydrogens is 300 g/mol. The van der Waals surface area contributed by atoms with Crippen LogP contribution < -0.4 is 0 Å². The van der Waals surface area contributed by atoms with Crippen molar-refractivity contribution in [3.8, 4) is 0 Å². The van der Waals surface area contributed by atoms with Crippen LogP contribution in [0.1, 0.15) is 40.5 Å². The molecule has 0 aromatic carbocycles. The summed E-state index contributed by atoms with van der Waals surface area (Å²) in [7, 11) is 0. The Bertz CT molecular complexity index is 417. The van der Waals surface area contributed by atoms with E-state index in [1.54, 1.807) is 0 Å². The Hall–Kier alpha value is -0.650. The molecule has 0 aromatic heterocycles. The van der Waals surface area contributed by atoms with E-state index >= 15 is 0 Å². The highest BCUT2D eigenvalue weighted by molar-refractivity contribution is 5.79. The van der Waals surface area contributed by atoms with Crippen molar-refractivity contribution in [1.82, 2.24) is 19.6 Å². The van der Waals surface area contributed by atoms with Gasteiger partial charge in [-0.05, 0) is 26.7 Å². The van der Waals surface area contributed by atoms with Crippen molar-refractivity contribution in [2.24, 2.45) is 5.92 Å². The summed E-state index contributed by atoms with van der Waals surface area (Å²) in [5, 5.41) is 0. The summed E-state index contributed by atoms with van der Waals surface area (Å²) in [5.74, 6) is 0.463. The lowest BCUT2D eigenvalue weighted by atomic mass is 9.97. The zero-order valence-corrected chi connectivity index (χ0v) is 16.1. The maximum absolute atomic E-state index is 12.0. The van der Waals surface area contributed by atoms with Gasteiger partial charge in [0.2, 0.25) is 5.91 Å². The standard InChI is InChI=1S/C19H36N4O/c1-15(2)19(24)23-13-18(14-23)21-7-5-17(6-8-21)22-11-9-20(10-12-22)16(3)4/h15-18H,5-14H2,1-4H3. The molecular formula is C19H36N4O. The number of carbonyl (C=O) groups is 1. The third kappa shape index (κ3) is 3.94. The van der Waals surface area contributed by atoms with Crippen LogP contribution in [0.4, 0.5) is 0 Å². The van der Waals surface area contributed by atoms with Crippen LogP contribution in [0.3, 0.4) is 0 Å². The van der Waals surface area contributed by atoms with E-state index in [1.165, 1.54) is 52.1 Å². The first-order valence-electron chi connectivity index (χ1n) is 9.96. The number of carbonyl (C=O) groups excluding carboxylic acids is 1.